The second-order valence-corrected chi connectivity index (χ2v) is 8.78. The van der Waals surface area contributed by atoms with Crippen molar-refractivity contribution in [3.05, 3.63) is 42.9 Å². The molecule has 1 saturated heterocycles. The number of hydrogen-bond acceptors (Lipinski definition) is 5. The molecular formula is C23H30N6. The highest BCUT2D eigenvalue weighted by molar-refractivity contribution is 5.87. The molecule has 152 valence electrons. The van der Waals surface area contributed by atoms with Gasteiger partial charge in [0.05, 0.1) is 17.3 Å². The first kappa shape index (κ1) is 18.6. The molecule has 1 saturated carbocycles. The van der Waals surface area contributed by atoms with E-state index in [2.05, 4.69) is 50.8 Å². The fourth-order valence-corrected chi connectivity index (χ4v) is 5.25. The van der Waals surface area contributed by atoms with Gasteiger partial charge in [-0.05, 0) is 37.8 Å². The van der Waals surface area contributed by atoms with Crippen LogP contribution in [0.1, 0.15) is 39.5 Å². The Kier molecular flexibility index (Phi) is 4.96. The summed E-state index contributed by atoms with van der Waals surface area (Å²) in [5.74, 6) is 1.88. The molecule has 2 aromatic heterocycles. The molecule has 3 atom stereocenters. The molecule has 5 rings (SSSR count). The van der Waals surface area contributed by atoms with Crippen LogP contribution in [-0.2, 0) is 0 Å². The van der Waals surface area contributed by atoms with Gasteiger partial charge in [0, 0.05) is 31.7 Å². The van der Waals surface area contributed by atoms with Gasteiger partial charge in [0.2, 0.25) is 0 Å². The third-order valence-corrected chi connectivity index (χ3v) is 6.70. The molecule has 0 bridgehead atoms. The van der Waals surface area contributed by atoms with E-state index >= 15 is 0 Å². The molecule has 29 heavy (non-hydrogen) atoms. The third-order valence-electron chi connectivity index (χ3n) is 6.70. The van der Waals surface area contributed by atoms with Gasteiger partial charge in [-0.1, -0.05) is 38.0 Å². The lowest BCUT2D eigenvalue weighted by atomic mass is 9.85. The summed E-state index contributed by atoms with van der Waals surface area (Å²) in [5, 5.41) is 5.64. The van der Waals surface area contributed by atoms with E-state index in [0.29, 0.717) is 6.04 Å². The predicted molar refractivity (Wildman–Crippen MR) is 116 cm³/mol. The van der Waals surface area contributed by atoms with Crippen molar-refractivity contribution in [3.8, 4) is 5.69 Å². The van der Waals surface area contributed by atoms with Gasteiger partial charge in [0.1, 0.15) is 12.1 Å². The molecule has 6 nitrogen and oxygen atoms in total. The summed E-state index contributed by atoms with van der Waals surface area (Å²) >= 11 is 0. The average Bonchev–Trinajstić information content (AvgIpc) is 3.18. The van der Waals surface area contributed by atoms with E-state index in [-0.39, 0.29) is 0 Å². The molecule has 0 amide bonds. The van der Waals surface area contributed by atoms with Crippen molar-refractivity contribution in [2.45, 2.75) is 51.6 Å². The molecule has 2 aliphatic rings. The Bertz CT molecular complexity index is 968. The van der Waals surface area contributed by atoms with Crippen LogP contribution >= 0.6 is 0 Å². The number of aromatic nitrogens is 4. The highest BCUT2D eigenvalue weighted by atomic mass is 15.3. The van der Waals surface area contributed by atoms with Gasteiger partial charge in [-0.2, -0.15) is 5.10 Å². The van der Waals surface area contributed by atoms with Gasteiger partial charge in [-0.25, -0.2) is 14.6 Å². The van der Waals surface area contributed by atoms with Crippen LogP contribution in [0, 0.1) is 5.92 Å². The number of nitrogens with zero attached hydrogens (tertiary/aromatic N) is 6. The molecule has 1 aliphatic carbocycles. The van der Waals surface area contributed by atoms with E-state index in [1.807, 2.05) is 29.1 Å². The molecule has 0 spiro atoms. The number of hydrogen-bond donors (Lipinski definition) is 0. The number of anilines is 1. The Labute approximate surface area is 172 Å². The van der Waals surface area contributed by atoms with E-state index in [4.69, 9.17) is 0 Å². The molecule has 1 aliphatic heterocycles. The van der Waals surface area contributed by atoms with Crippen molar-refractivity contribution < 1.29 is 0 Å². The molecule has 2 fully saturated rings. The summed E-state index contributed by atoms with van der Waals surface area (Å²) in [6, 6.07) is 11.5. The molecule has 0 radical (unpaired) electrons. The SMILES string of the molecule is CC1CCCC(N2CCN(c3ncnc4c3cnn4-c3ccccc3)CC2C)C1. The van der Waals surface area contributed by atoms with Crippen molar-refractivity contribution in [1.82, 2.24) is 24.6 Å². The maximum atomic E-state index is 4.66. The van der Waals surface area contributed by atoms with Gasteiger partial charge in [0.25, 0.3) is 0 Å². The van der Waals surface area contributed by atoms with E-state index in [1.54, 1.807) is 6.33 Å². The van der Waals surface area contributed by atoms with Crippen LogP contribution in [0.2, 0.25) is 0 Å². The minimum Gasteiger partial charge on any atom is -0.353 e. The molecule has 1 aromatic carbocycles. The van der Waals surface area contributed by atoms with E-state index in [1.165, 1.54) is 25.7 Å². The van der Waals surface area contributed by atoms with E-state index in [0.717, 1.165) is 54.1 Å². The zero-order valence-corrected chi connectivity index (χ0v) is 17.4. The lowest BCUT2D eigenvalue weighted by Crippen LogP contribution is -2.56. The van der Waals surface area contributed by atoms with Crippen LogP contribution in [0.5, 0.6) is 0 Å². The summed E-state index contributed by atoms with van der Waals surface area (Å²) in [6.07, 6.45) is 9.08. The van der Waals surface area contributed by atoms with Gasteiger partial charge >= 0.3 is 0 Å². The number of para-hydroxylation sites is 1. The van der Waals surface area contributed by atoms with Crippen LogP contribution in [0.3, 0.4) is 0 Å². The molecule has 3 unspecified atom stereocenters. The maximum absolute atomic E-state index is 4.66. The van der Waals surface area contributed by atoms with Crippen LogP contribution in [0.25, 0.3) is 16.7 Å². The number of piperazine rings is 1. The monoisotopic (exact) mass is 390 g/mol. The highest BCUT2D eigenvalue weighted by Gasteiger charge is 2.32. The summed E-state index contributed by atoms with van der Waals surface area (Å²) in [7, 11) is 0. The first-order chi connectivity index (χ1) is 14.2. The highest BCUT2D eigenvalue weighted by Crippen LogP contribution is 2.31. The van der Waals surface area contributed by atoms with Crippen LogP contribution < -0.4 is 4.90 Å². The molecular weight excluding hydrogens is 360 g/mol. The van der Waals surface area contributed by atoms with E-state index in [9.17, 15) is 0 Å². The van der Waals surface area contributed by atoms with Crippen molar-refractivity contribution in [3.63, 3.8) is 0 Å². The topological polar surface area (TPSA) is 50.1 Å². The molecule has 3 aromatic rings. The maximum Gasteiger partial charge on any atom is 0.168 e. The van der Waals surface area contributed by atoms with Gasteiger partial charge in [0.15, 0.2) is 5.65 Å². The second-order valence-electron chi connectivity index (χ2n) is 8.78. The zero-order valence-electron chi connectivity index (χ0n) is 17.4. The third kappa shape index (κ3) is 3.50. The van der Waals surface area contributed by atoms with Crippen molar-refractivity contribution in [2.75, 3.05) is 24.5 Å². The lowest BCUT2D eigenvalue weighted by molar-refractivity contribution is 0.0862. The van der Waals surface area contributed by atoms with Crippen molar-refractivity contribution in [1.29, 1.82) is 0 Å². The van der Waals surface area contributed by atoms with Crippen molar-refractivity contribution in [2.24, 2.45) is 5.92 Å². The fraction of sp³-hybridized carbons (Fsp3) is 0.522. The van der Waals surface area contributed by atoms with Crippen LogP contribution in [0.4, 0.5) is 5.82 Å². The quantitative estimate of drug-likeness (QED) is 0.679. The number of rotatable bonds is 3. The summed E-state index contributed by atoms with van der Waals surface area (Å²) < 4.78 is 1.91. The minimum absolute atomic E-state index is 0.535. The van der Waals surface area contributed by atoms with Crippen molar-refractivity contribution >= 4 is 16.9 Å². The minimum atomic E-state index is 0.535. The Morgan fingerprint density at radius 2 is 1.86 bits per heavy atom. The van der Waals surface area contributed by atoms with Gasteiger partial charge < -0.3 is 4.90 Å². The van der Waals surface area contributed by atoms with Crippen LogP contribution in [0.15, 0.2) is 42.9 Å². The Hall–Kier alpha value is -2.47. The first-order valence-electron chi connectivity index (χ1n) is 11.0. The predicted octanol–water partition coefficient (Wildman–Crippen LogP) is 3.90. The lowest BCUT2D eigenvalue weighted by Gasteiger charge is -2.46. The zero-order chi connectivity index (χ0) is 19.8. The Balaban J connectivity index is 1.39. The normalized spacial score (nSPS) is 26.1. The summed E-state index contributed by atoms with van der Waals surface area (Å²) in [4.78, 5) is 14.4. The van der Waals surface area contributed by atoms with Gasteiger partial charge in [-0.15, -0.1) is 0 Å². The largest absolute Gasteiger partial charge is 0.353 e. The van der Waals surface area contributed by atoms with Crippen LogP contribution in [-0.4, -0.2) is 56.4 Å². The Morgan fingerprint density at radius 3 is 2.66 bits per heavy atom. The fourth-order valence-electron chi connectivity index (χ4n) is 5.25. The number of benzene rings is 1. The first-order valence-corrected chi connectivity index (χ1v) is 11.0. The smallest absolute Gasteiger partial charge is 0.168 e. The number of fused-ring (bicyclic) bond motifs is 1. The summed E-state index contributed by atoms with van der Waals surface area (Å²) in [5.41, 5.74) is 1.90. The average molecular weight is 391 g/mol. The summed E-state index contributed by atoms with van der Waals surface area (Å²) in [6.45, 7) is 7.91. The standard InChI is InChI=1S/C23H30N6/c1-17-7-6-10-20(13-17)28-12-11-27(15-18(28)2)22-21-14-26-29(23(21)25-16-24-22)19-8-4-3-5-9-19/h3-5,8-9,14,16-18,20H,6-7,10-13,15H2,1-2H3. The molecule has 3 heterocycles. The Morgan fingerprint density at radius 1 is 1.00 bits per heavy atom. The molecule has 6 heteroatoms. The molecule has 0 N–H and O–H groups in total. The second kappa shape index (κ2) is 7.75. The van der Waals surface area contributed by atoms with E-state index < -0.39 is 0 Å². The van der Waals surface area contributed by atoms with Gasteiger partial charge in [-0.3, -0.25) is 4.90 Å².